The maximum atomic E-state index is 11.2. The summed E-state index contributed by atoms with van der Waals surface area (Å²) in [5.74, 6) is -2.60. The highest BCUT2D eigenvalue weighted by atomic mass is 16.8. The number of aliphatic hydroxyl groups is 10. The fourth-order valence-corrected chi connectivity index (χ4v) is 5.60. The van der Waals surface area contributed by atoms with Crippen LogP contribution in [0.5, 0.6) is 0 Å². The van der Waals surface area contributed by atoms with Crippen LogP contribution in [0.1, 0.15) is 41.0 Å². The second-order valence-electron chi connectivity index (χ2n) is 12.4. The van der Waals surface area contributed by atoms with Gasteiger partial charge in [-0.25, -0.2) is 0 Å². The average Bonchev–Trinajstić information content (AvgIpc) is 3.11. The molecule has 0 aromatic heterocycles. The molecule has 0 spiro atoms. The lowest BCUT2D eigenvalue weighted by Gasteiger charge is -2.52. The van der Waals surface area contributed by atoms with Crippen LogP contribution in [0.25, 0.3) is 0 Å². The van der Waals surface area contributed by atoms with Gasteiger partial charge in [-0.2, -0.15) is 0 Å². The van der Waals surface area contributed by atoms with Gasteiger partial charge in [0, 0.05) is 13.5 Å². The molecule has 3 saturated heterocycles. The molecule has 45 heavy (non-hydrogen) atoms. The van der Waals surface area contributed by atoms with Gasteiger partial charge >= 0.3 is 0 Å². The standard InChI is InChI=1S/C28H52O17/c1-10(2)11(3)44-28(17(9-30)39-6,25-23(37)21(35)18(32)12(4)40-25)45-26-15(7-14(31)20(34)16(8-29)43-26)42-27-24(38)22(36)19(33)13(5)41-27/h10-27,29-38H,7-9H2,1-6H3/t11?,12?,13?,14?,15-,16?,17?,18-,19-,20-,21?,22?,23?,24?,25-,26+,27+,28?/m1/s1. The quantitative estimate of drug-likeness (QED) is 0.0887. The van der Waals surface area contributed by atoms with Crippen LogP contribution in [0.15, 0.2) is 0 Å². The molecule has 3 aliphatic rings. The summed E-state index contributed by atoms with van der Waals surface area (Å²) in [6, 6.07) is 0. The van der Waals surface area contributed by atoms with Crippen molar-refractivity contribution < 1.29 is 84.2 Å². The highest BCUT2D eigenvalue weighted by Crippen LogP contribution is 2.40. The molecule has 0 amide bonds. The number of hydrogen-bond donors (Lipinski definition) is 10. The van der Waals surface area contributed by atoms with Crippen molar-refractivity contribution in [2.75, 3.05) is 20.3 Å². The van der Waals surface area contributed by atoms with Crippen molar-refractivity contribution in [1.29, 1.82) is 0 Å². The van der Waals surface area contributed by atoms with Crippen LogP contribution in [0, 0.1) is 5.92 Å². The Bertz CT molecular complexity index is 895. The van der Waals surface area contributed by atoms with Gasteiger partial charge in [0.05, 0.1) is 37.6 Å². The van der Waals surface area contributed by atoms with E-state index in [4.69, 9.17) is 33.2 Å². The predicted octanol–water partition coefficient (Wildman–Crippen LogP) is -4.32. The average molecular weight is 661 g/mol. The Labute approximate surface area is 261 Å². The molecule has 0 radical (unpaired) electrons. The molecular weight excluding hydrogens is 608 g/mol. The molecule has 17 nitrogen and oxygen atoms in total. The summed E-state index contributed by atoms with van der Waals surface area (Å²) in [4.78, 5) is 0. The number of ether oxygens (including phenoxy) is 7. The van der Waals surface area contributed by atoms with Gasteiger partial charge in [0.2, 0.25) is 5.79 Å². The molecule has 17 heteroatoms. The molecule has 10 N–H and O–H groups in total. The van der Waals surface area contributed by atoms with Gasteiger partial charge in [-0.1, -0.05) is 13.8 Å². The number of hydrogen-bond acceptors (Lipinski definition) is 17. The second kappa shape index (κ2) is 16.1. The Kier molecular flexibility index (Phi) is 13.9. The van der Waals surface area contributed by atoms with E-state index in [0.29, 0.717) is 0 Å². The molecule has 11 unspecified atom stereocenters. The summed E-state index contributed by atoms with van der Waals surface area (Å²) in [5.41, 5.74) is 0. The molecule has 0 aromatic carbocycles. The Hall–Kier alpha value is -0.680. The Balaban J connectivity index is 2.16. The minimum Gasteiger partial charge on any atom is -0.394 e. The summed E-state index contributed by atoms with van der Waals surface area (Å²) >= 11 is 0. The summed E-state index contributed by atoms with van der Waals surface area (Å²) in [6.07, 6.45) is -26.3. The number of methoxy groups -OCH3 is 1. The van der Waals surface area contributed by atoms with Gasteiger partial charge in [-0.15, -0.1) is 0 Å². The number of rotatable bonds is 12. The Morgan fingerprint density at radius 3 is 1.84 bits per heavy atom. The van der Waals surface area contributed by atoms with E-state index in [1.807, 2.05) is 0 Å². The zero-order valence-corrected chi connectivity index (χ0v) is 26.3. The Morgan fingerprint density at radius 2 is 1.31 bits per heavy atom. The van der Waals surface area contributed by atoms with Crippen molar-refractivity contribution in [3.8, 4) is 0 Å². The third-order valence-electron chi connectivity index (χ3n) is 8.92. The van der Waals surface area contributed by atoms with Crippen LogP contribution in [-0.4, -0.2) is 181 Å². The zero-order valence-electron chi connectivity index (χ0n) is 26.3. The van der Waals surface area contributed by atoms with Crippen molar-refractivity contribution in [2.45, 2.75) is 151 Å². The summed E-state index contributed by atoms with van der Waals surface area (Å²) in [5, 5.41) is 106. The van der Waals surface area contributed by atoms with E-state index in [2.05, 4.69) is 0 Å². The molecule has 3 rings (SSSR count). The van der Waals surface area contributed by atoms with E-state index in [0.717, 1.165) is 0 Å². The summed E-state index contributed by atoms with van der Waals surface area (Å²) < 4.78 is 41.8. The third kappa shape index (κ3) is 8.14. The van der Waals surface area contributed by atoms with Crippen molar-refractivity contribution in [1.82, 2.24) is 0 Å². The van der Waals surface area contributed by atoms with Gasteiger partial charge in [-0.3, -0.25) is 0 Å². The highest BCUT2D eigenvalue weighted by Gasteiger charge is 2.61. The van der Waals surface area contributed by atoms with E-state index in [1.165, 1.54) is 21.0 Å². The fraction of sp³-hybridized carbons (Fsp3) is 1.00. The molecule has 266 valence electrons. The fourth-order valence-electron chi connectivity index (χ4n) is 5.60. The molecule has 0 saturated carbocycles. The molecule has 0 aliphatic carbocycles. The monoisotopic (exact) mass is 660 g/mol. The molecule has 3 aliphatic heterocycles. The van der Waals surface area contributed by atoms with Crippen LogP contribution in [0.4, 0.5) is 0 Å². The first-order valence-corrected chi connectivity index (χ1v) is 15.2. The van der Waals surface area contributed by atoms with Gasteiger partial charge < -0.3 is 84.2 Å². The molecule has 3 heterocycles. The van der Waals surface area contributed by atoms with E-state index in [1.54, 1.807) is 20.8 Å². The highest BCUT2D eigenvalue weighted by molar-refractivity contribution is 5.02. The predicted molar refractivity (Wildman–Crippen MR) is 149 cm³/mol. The van der Waals surface area contributed by atoms with E-state index < -0.39 is 130 Å². The van der Waals surface area contributed by atoms with Gasteiger partial charge in [-0.05, 0) is 26.7 Å². The largest absolute Gasteiger partial charge is 0.394 e. The van der Waals surface area contributed by atoms with Gasteiger partial charge in [0.15, 0.2) is 12.6 Å². The summed E-state index contributed by atoms with van der Waals surface area (Å²) in [6.45, 7) is 6.50. The zero-order chi connectivity index (χ0) is 34.0. The first-order chi connectivity index (χ1) is 21.0. The summed E-state index contributed by atoms with van der Waals surface area (Å²) in [7, 11) is 1.21. The lowest BCUT2D eigenvalue weighted by molar-refractivity contribution is -0.430. The normalized spacial score (nSPS) is 45.9. The Morgan fingerprint density at radius 1 is 0.733 bits per heavy atom. The molecule has 3 fully saturated rings. The van der Waals surface area contributed by atoms with Gasteiger partial charge in [0.25, 0.3) is 0 Å². The first-order valence-electron chi connectivity index (χ1n) is 15.2. The molecule has 0 aromatic rings. The van der Waals surface area contributed by atoms with Crippen LogP contribution in [0.3, 0.4) is 0 Å². The maximum Gasteiger partial charge on any atom is 0.229 e. The van der Waals surface area contributed by atoms with Crippen LogP contribution >= 0.6 is 0 Å². The van der Waals surface area contributed by atoms with Crippen LogP contribution < -0.4 is 0 Å². The minimum absolute atomic E-state index is 0.214. The van der Waals surface area contributed by atoms with E-state index in [9.17, 15) is 51.1 Å². The van der Waals surface area contributed by atoms with Crippen molar-refractivity contribution in [3.63, 3.8) is 0 Å². The smallest absolute Gasteiger partial charge is 0.229 e. The minimum atomic E-state index is -2.39. The molecule has 0 bridgehead atoms. The SMILES string of the molecule is COC(CO)C(OC(C)C(C)C)(O[C@@H]1OC(CO)[C@H](O)C(O)C[C@H]1O[C@@H]1OC(C)[C@@H](O)C(O)C1O)[C@@H]1OC(C)[C@@H](O)C(O)C1O. The number of aliphatic hydroxyl groups excluding tert-OH is 10. The lowest BCUT2D eigenvalue weighted by Crippen LogP contribution is -2.71. The molecular formula is C28H52O17. The molecule has 18 atom stereocenters. The third-order valence-corrected chi connectivity index (χ3v) is 8.92. The van der Waals surface area contributed by atoms with E-state index >= 15 is 0 Å². The van der Waals surface area contributed by atoms with Crippen molar-refractivity contribution >= 4 is 0 Å². The van der Waals surface area contributed by atoms with E-state index in [-0.39, 0.29) is 5.92 Å². The van der Waals surface area contributed by atoms with Crippen molar-refractivity contribution in [2.24, 2.45) is 5.92 Å². The first kappa shape index (κ1) is 38.8. The van der Waals surface area contributed by atoms with Crippen LogP contribution in [0.2, 0.25) is 0 Å². The lowest BCUT2D eigenvalue weighted by atomic mass is 9.88. The topological polar surface area (TPSA) is 267 Å². The maximum absolute atomic E-state index is 11.2. The van der Waals surface area contributed by atoms with Crippen molar-refractivity contribution in [3.05, 3.63) is 0 Å². The van der Waals surface area contributed by atoms with Crippen LogP contribution in [-0.2, 0) is 33.2 Å². The second-order valence-corrected chi connectivity index (χ2v) is 12.4. The van der Waals surface area contributed by atoms with Gasteiger partial charge in [0.1, 0.15) is 67.1 Å².